The Labute approximate surface area is 120 Å². The zero-order valence-corrected chi connectivity index (χ0v) is 12.2. The molecule has 0 saturated heterocycles. The maximum absolute atomic E-state index is 12.0. The van der Waals surface area contributed by atoms with Gasteiger partial charge in [-0.15, -0.1) is 0 Å². The van der Waals surface area contributed by atoms with E-state index in [4.69, 9.17) is 4.74 Å². The second kappa shape index (κ2) is 7.65. The predicted octanol–water partition coefficient (Wildman–Crippen LogP) is 3.53. The van der Waals surface area contributed by atoms with Crippen molar-refractivity contribution in [3.63, 3.8) is 0 Å². The Morgan fingerprint density at radius 1 is 0.950 bits per heavy atom. The topological polar surface area (TPSA) is 63.6 Å². The molecule has 0 amide bonds. The summed E-state index contributed by atoms with van der Waals surface area (Å²) < 4.78 is 5.32. The number of carbonyl (C=O) groups excluding carboxylic acids is 1. The molecule has 2 saturated carbocycles. The number of esters is 1. The number of hydrogen-bond acceptors (Lipinski definition) is 3. The summed E-state index contributed by atoms with van der Waals surface area (Å²) in [5, 5.41) is 9.30. The minimum absolute atomic E-state index is 0.0107. The quantitative estimate of drug-likeness (QED) is 0.783. The SMILES string of the molecule is O=C(CC1CCCCC1)OC(C(=O)O)C1CCCCC1. The number of carbonyl (C=O) groups is 2. The Bertz CT molecular complexity index is 327. The number of hydrogen-bond donors (Lipinski definition) is 1. The van der Waals surface area contributed by atoms with Gasteiger partial charge in [0.2, 0.25) is 6.10 Å². The van der Waals surface area contributed by atoms with Crippen LogP contribution in [0.2, 0.25) is 0 Å². The van der Waals surface area contributed by atoms with Crippen LogP contribution >= 0.6 is 0 Å². The molecule has 0 aromatic carbocycles. The molecule has 20 heavy (non-hydrogen) atoms. The fraction of sp³-hybridized carbons (Fsp3) is 0.875. The van der Waals surface area contributed by atoms with Crippen LogP contribution in [-0.2, 0) is 14.3 Å². The number of carboxylic acid groups (broad SMARTS) is 1. The van der Waals surface area contributed by atoms with Crippen LogP contribution in [0, 0.1) is 11.8 Å². The van der Waals surface area contributed by atoms with E-state index >= 15 is 0 Å². The average molecular weight is 282 g/mol. The van der Waals surface area contributed by atoms with E-state index in [2.05, 4.69) is 0 Å². The summed E-state index contributed by atoms with van der Waals surface area (Å²) in [4.78, 5) is 23.3. The second-order valence-corrected chi connectivity index (χ2v) is 6.35. The van der Waals surface area contributed by atoms with Crippen LogP contribution in [0.3, 0.4) is 0 Å². The summed E-state index contributed by atoms with van der Waals surface area (Å²) in [6.45, 7) is 0. The van der Waals surface area contributed by atoms with E-state index in [1.165, 1.54) is 25.7 Å². The van der Waals surface area contributed by atoms with E-state index in [1.807, 2.05) is 0 Å². The van der Waals surface area contributed by atoms with Crippen molar-refractivity contribution in [3.8, 4) is 0 Å². The second-order valence-electron chi connectivity index (χ2n) is 6.35. The first kappa shape index (κ1) is 15.3. The molecule has 2 fully saturated rings. The van der Waals surface area contributed by atoms with Crippen molar-refractivity contribution in [2.45, 2.75) is 76.7 Å². The van der Waals surface area contributed by atoms with E-state index in [0.29, 0.717) is 12.3 Å². The molecule has 2 aliphatic rings. The predicted molar refractivity (Wildman–Crippen MR) is 75.3 cm³/mol. The molecule has 4 nitrogen and oxygen atoms in total. The average Bonchev–Trinajstić information content (AvgIpc) is 2.46. The third kappa shape index (κ3) is 4.50. The Balaban J connectivity index is 1.83. The highest BCUT2D eigenvalue weighted by Crippen LogP contribution is 2.30. The van der Waals surface area contributed by atoms with Crippen molar-refractivity contribution < 1.29 is 19.4 Å². The molecule has 0 aromatic rings. The summed E-state index contributed by atoms with van der Waals surface area (Å²) in [5.74, 6) is -0.877. The largest absolute Gasteiger partial charge is 0.478 e. The monoisotopic (exact) mass is 282 g/mol. The van der Waals surface area contributed by atoms with Crippen molar-refractivity contribution in [1.29, 1.82) is 0 Å². The highest BCUT2D eigenvalue weighted by molar-refractivity contribution is 5.78. The smallest absolute Gasteiger partial charge is 0.345 e. The molecule has 0 bridgehead atoms. The molecule has 1 N–H and O–H groups in total. The summed E-state index contributed by atoms with van der Waals surface area (Å²) in [6.07, 6.45) is 10.3. The van der Waals surface area contributed by atoms with Gasteiger partial charge in [-0.05, 0) is 31.6 Å². The normalized spacial score (nSPS) is 23.2. The van der Waals surface area contributed by atoms with Crippen molar-refractivity contribution in [1.82, 2.24) is 0 Å². The number of aliphatic carboxylic acids is 1. The molecular weight excluding hydrogens is 256 g/mol. The lowest BCUT2D eigenvalue weighted by Gasteiger charge is -2.28. The fourth-order valence-electron chi connectivity index (χ4n) is 3.60. The van der Waals surface area contributed by atoms with Crippen molar-refractivity contribution in [2.24, 2.45) is 11.8 Å². The standard InChI is InChI=1S/C16H26O4/c17-14(11-12-7-3-1-4-8-12)20-15(16(18)19)13-9-5-2-6-10-13/h12-13,15H,1-11H2,(H,18,19). The highest BCUT2D eigenvalue weighted by Gasteiger charge is 2.33. The molecule has 1 unspecified atom stereocenters. The molecule has 0 radical (unpaired) electrons. The Hall–Kier alpha value is -1.06. The minimum Gasteiger partial charge on any atom is -0.478 e. The number of carboxylic acids is 1. The van der Waals surface area contributed by atoms with Crippen LogP contribution in [0.15, 0.2) is 0 Å². The molecule has 0 aromatic heterocycles. The lowest BCUT2D eigenvalue weighted by Crippen LogP contribution is -2.36. The van der Waals surface area contributed by atoms with Crippen LogP contribution in [0.1, 0.15) is 70.6 Å². The third-order valence-corrected chi connectivity index (χ3v) is 4.76. The van der Waals surface area contributed by atoms with Gasteiger partial charge in [-0.2, -0.15) is 0 Å². The van der Waals surface area contributed by atoms with Gasteiger partial charge in [-0.25, -0.2) is 4.79 Å². The van der Waals surface area contributed by atoms with Crippen molar-refractivity contribution >= 4 is 11.9 Å². The molecule has 2 aliphatic carbocycles. The number of ether oxygens (including phenoxy) is 1. The molecule has 1 atom stereocenters. The summed E-state index contributed by atoms with van der Waals surface area (Å²) in [5.41, 5.74) is 0. The van der Waals surface area contributed by atoms with Gasteiger partial charge in [-0.3, -0.25) is 4.79 Å². The van der Waals surface area contributed by atoms with E-state index in [0.717, 1.165) is 38.5 Å². The first-order valence-corrected chi connectivity index (χ1v) is 8.09. The summed E-state index contributed by atoms with van der Waals surface area (Å²) in [6, 6.07) is 0. The van der Waals surface area contributed by atoms with Gasteiger partial charge in [0.1, 0.15) is 0 Å². The molecule has 0 heterocycles. The Morgan fingerprint density at radius 2 is 1.50 bits per heavy atom. The summed E-state index contributed by atoms with van der Waals surface area (Å²) in [7, 11) is 0. The van der Waals surface area contributed by atoms with Gasteiger partial charge in [0, 0.05) is 12.3 Å². The molecule has 2 rings (SSSR count). The van der Waals surface area contributed by atoms with Gasteiger partial charge in [0.05, 0.1) is 0 Å². The van der Waals surface area contributed by atoms with Gasteiger partial charge >= 0.3 is 11.9 Å². The summed E-state index contributed by atoms with van der Waals surface area (Å²) >= 11 is 0. The van der Waals surface area contributed by atoms with E-state index < -0.39 is 12.1 Å². The molecule has 0 spiro atoms. The lowest BCUT2D eigenvalue weighted by atomic mass is 9.85. The maximum atomic E-state index is 12.0. The minimum atomic E-state index is -0.978. The van der Waals surface area contributed by atoms with E-state index in [-0.39, 0.29) is 11.9 Å². The van der Waals surface area contributed by atoms with Gasteiger partial charge < -0.3 is 9.84 Å². The van der Waals surface area contributed by atoms with Gasteiger partial charge in [0.25, 0.3) is 0 Å². The first-order chi connectivity index (χ1) is 9.66. The number of rotatable bonds is 5. The van der Waals surface area contributed by atoms with Gasteiger partial charge in [-0.1, -0.05) is 38.5 Å². The van der Waals surface area contributed by atoms with Crippen LogP contribution in [0.5, 0.6) is 0 Å². The van der Waals surface area contributed by atoms with Crippen LogP contribution in [0.25, 0.3) is 0 Å². The zero-order valence-electron chi connectivity index (χ0n) is 12.2. The molecular formula is C16H26O4. The third-order valence-electron chi connectivity index (χ3n) is 4.76. The molecule has 4 heteroatoms. The maximum Gasteiger partial charge on any atom is 0.345 e. The van der Waals surface area contributed by atoms with Crippen molar-refractivity contribution in [3.05, 3.63) is 0 Å². The Morgan fingerprint density at radius 3 is 2.05 bits per heavy atom. The van der Waals surface area contributed by atoms with Gasteiger partial charge in [0.15, 0.2) is 0 Å². The van der Waals surface area contributed by atoms with E-state index in [9.17, 15) is 14.7 Å². The fourth-order valence-corrected chi connectivity index (χ4v) is 3.60. The molecule has 0 aliphatic heterocycles. The van der Waals surface area contributed by atoms with Crippen molar-refractivity contribution in [2.75, 3.05) is 0 Å². The van der Waals surface area contributed by atoms with Crippen LogP contribution in [0.4, 0.5) is 0 Å². The Kier molecular flexibility index (Phi) is 5.86. The lowest BCUT2D eigenvalue weighted by molar-refractivity contribution is -0.169. The zero-order chi connectivity index (χ0) is 14.4. The van der Waals surface area contributed by atoms with Crippen LogP contribution in [-0.4, -0.2) is 23.1 Å². The molecule has 114 valence electrons. The van der Waals surface area contributed by atoms with Crippen LogP contribution < -0.4 is 0 Å². The highest BCUT2D eigenvalue weighted by atomic mass is 16.6. The first-order valence-electron chi connectivity index (χ1n) is 8.09. The van der Waals surface area contributed by atoms with E-state index in [1.54, 1.807) is 0 Å².